The normalized spacial score (nSPS) is 10.4. The van der Waals surface area contributed by atoms with Gasteiger partial charge in [-0.15, -0.1) is 0 Å². The lowest BCUT2D eigenvalue weighted by atomic mass is 10.1. The highest BCUT2D eigenvalue weighted by molar-refractivity contribution is 6.35. The molecule has 5 heteroatoms. The predicted molar refractivity (Wildman–Crippen MR) is 74.1 cm³/mol. The lowest BCUT2D eigenvalue weighted by Gasteiger charge is -2.06. The second-order valence-electron chi connectivity index (χ2n) is 4.02. The number of hydrogen-bond donors (Lipinski definition) is 2. The van der Waals surface area contributed by atoms with Gasteiger partial charge in [0.25, 0.3) is 0 Å². The zero-order valence-electron chi connectivity index (χ0n) is 10.1. The number of benzene rings is 1. The monoisotopic (exact) mass is 289 g/mol. The van der Waals surface area contributed by atoms with Crippen LogP contribution in [0.2, 0.25) is 10.0 Å². The van der Waals surface area contributed by atoms with Gasteiger partial charge in [0.15, 0.2) is 0 Å². The first-order valence-corrected chi connectivity index (χ1v) is 6.70. The molecule has 0 saturated carbocycles. The van der Waals surface area contributed by atoms with Crippen LogP contribution in [0.5, 0.6) is 0 Å². The molecule has 100 valence electrons. The fourth-order valence-electron chi connectivity index (χ4n) is 1.53. The van der Waals surface area contributed by atoms with Gasteiger partial charge >= 0.3 is 0 Å². The molecule has 0 aliphatic heterocycles. The van der Waals surface area contributed by atoms with Gasteiger partial charge in [-0.1, -0.05) is 29.3 Å². The largest absolute Gasteiger partial charge is 0.396 e. The molecule has 2 N–H and O–H groups in total. The SMILES string of the molecule is O=C(CCc1ccc(Cl)cc1Cl)NCCCCO. The molecule has 0 saturated heterocycles. The maximum Gasteiger partial charge on any atom is 0.220 e. The number of rotatable bonds is 7. The molecule has 0 aromatic heterocycles. The standard InChI is InChI=1S/C13H17Cl2NO2/c14-11-5-3-10(12(15)9-11)4-6-13(18)16-7-1-2-8-17/h3,5,9,17H,1-2,4,6-8H2,(H,16,18). The molecule has 0 atom stereocenters. The molecular formula is C13H17Cl2NO2. The van der Waals surface area contributed by atoms with Crippen LogP contribution < -0.4 is 5.32 Å². The number of unbranched alkanes of at least 4 members (excludes halogenated alkanes) is 1. The highest BCUT2D eigenvalue weighted by Crippen LogP contribution is 2.21. The molecule has 1 amide bonds. The van der Waals surface area contributed by atoms with Crippen molar-refractivity contribution in [1.82, 2.24) is 5.32 Å². The summed E-state index contributed by atoms with van der Waals surface area (Å²) < 4.78 is 0. The molecule has 0 aliphatic rings. The van der Waals surface area contributed by atoms with E-state index in [1.165, 1.54) is 0 Å². The van der Waals surface area contributed by atoms with E-state index in [2.05, 4.69) is 5.32 Å². The molecule has 18 heavy (non-hydrogen) atoms. The van der Waals surface area contributed by atoms with Crippen LogP contribution in [0.1, 0.15) is 24.8 Å². The van der Waals surface area contributed by atoms with Gasteiger partial charge in [-0.2, -0.15) is 0 Å². The highest BCUT2D eigenvalue weighted by Gasteiger charge is 2.05. The van der Waals surface area contributed by atoms with Crippen LogP contribution >= 0.6 is 23.2 Å². The van der Waals surface area contributed by atoms with Crippen molar-refractivity contribution in [3.05, 3.63) is 33.8 Å². The Labute approximate surface area is 117 Å². The van der Waals surface area contributed by atoms with Gasteiger partial charge < -0.3 is 10.4 Å². The van der Waals surface area contributed by atoms with Crippen molar-refractivity contribution in [1.29, 1.82) is 0 Å². The van der Waals surface area contributed by atoms with E-state index in [1.807, 2.05) is 6.07 Å². The van der Waals surface area contributed by atoms with Gasteiger partial charge in [0.2, 0.25) is 5.91 Å². The van der Waals surface area contributed by atoms with Crippen molar-refractivity contribution in [3.8, 4) is 0 Å². The summed E-state index contributed by atoms with van der Waals surface area (Å²) in [5.41, 5.74) is 0.923. The van der Waals surface area contributed by atoms with Gasteiger partial charge in [0.1, 0.15) is 0 Å². The average Bonchev–Trinajstić information content (AvgIpc) is 2.33. The van der Waals surface area contributed by atoms with E-state index in [0.717, 1.165) is 12.0 Å². The molecule has 0 heterocycles. The smallest absolute Gasteiger partial charge is 0.220 e. The number of aliphatic hydroxyl groups excluding tert-OH is 1. The first-order chi connectivity index (χ1) is 8.63. The van der Waals surface area contributed by atoms with Crippen molar-refractivity contribution < 1.29 is 9.90 Å². The third kappa shape index (κ3) is 5.71. The van der Waals surface area contributed by atoms with Crippen molar-refractivity contribution >= 4 is 29.1 Å². The quantitative estimate of drug-likeness (QED) is 0.759. The van der Waals surface area contributed by atoms with Crippen LogP contribution in [0, 0.1) is 0 Å². The zero-order valence-corrected chi connectivity index (χ0v) is 11.6. The molecule has 0 fully saturated rings. The molecule has 1 rings (SSSR count). The Morgan fingerprint density at radius 1 is 1.28 bits per heavy atom. The second-order valence-corrected chi connectivity index (χ2v) is 4.86. The molecule has 0 unspecified atom stereocenters. The summed E-state index contributed by atoms with van der Waals surface area (Å²) in [4.78, 5) is 11.5. The van der Waals surface area contributed by atoms with Crippen LogP contribution in [0.3, 0.4) is 0 Å². The maximum absolute atomic E-state index is 11.5. The summed E-state index contributed by atoms with van der Waals surface area (Å²) in [5, 5.41) is 12.6. The fraction of sp³-hybridized carbons (Fsp3) is 0.462. The summed E-state index contributed by atoms with van der Waals surface area (Å²) in [7, 11) is 0. The van der Waals surface area contributed by atoms with Gasteiger partial charge in [-0.3, -0.25) is 4.79 Å². The minimum atomic E-state index is -0.000966. The number of halogens is 2. The second kappa shape index (κ2) is 8.35. The summed E-state index contributed by atoms with van der Waals surface area (Å²) in [6, 6.07) is 5.28. The minimum absolute atomic E-state index is 0.000966. The van der Waals surface area contributed by atoms with Gasteiger partial charge in [-0.05, 0) is 37.0 Å². The number of amides is 1. The Kier molecular flexibility index (Phi) is 7.09. The predicted octanol–water partition coefficient (Wildman–Crippen LogP) is 2.81. The van der Waals surface area contributed by atoms with E-state index < -0.39 is 0 Å². The lowest BCUT2D eigenvalue weighted by Crippen LogP contribution is -2.24. The first kappa shape index (κ1) is 15.3. The molecule has 0 bridgehead atoms. The lowest BCUT2D eigenvalue weighted by molar-refractivity contribution is -0.121. The Balaban J connectivity index is 2.29. The summed E-state index contributed by atoms with van der Waals surface area (Å²) >= 11 is 11.8. The van der Waals surface area contributed by atoms with Crippen LogP contribution in [-0.4, -0.2) is 24.2 Å². The third-order valence-electron chi connectivity index (χ3n) is 2.54. The summed E-state index contributed by atoms with van der Waals surface area (Å²) in [5.74, 6) is -0.000966. The van der Waals surface area contributed by atoms with Crippen LogP contribution in [0.15, 0.2) is 18.2 Å². The van der Waals surface area contributed by atoms with Crippen molar-refractivity contribution in [2.45, 2.75) is 25.7 Å². The summed E-state index contributed by atoms with van der Waals surface area (Å²) in [6.07, 6.45) is 2.51. The number of carbonyl (C=O) groups excluding carboxylic acids is 1. The number of nitrogens with one attached hydrogen (secondary N) is 1. The van der Waals surface area contributed by atoms with E-state index in [4.69, 9.17) is 28.3 Å². The van der Waals surface area contributed by atoms with E-state index in [0.29, 0.717) is 35.9 Å². The van der Waals surface area contributed by atoms with E-state index in [1.54, 1.807) is 12.1 Å². The van der Waals surface area contributed by atoms with Crippen LogP contribution in [0.25, 0.3) is 0 Å². The molecule has 1 aromatic carbocycles. The first-order valence-electron chi connectivity index (χ1n) is 5.95. The Morgan fingerprint density at radius 2 is 2.06 bits per heavy atom. The topological polar surface area (TPSA) is 49.3 Å². The Bertz CT molecular complexity index is 397. The zero-order chi connectivity index (χ0) is 13.4. The molecule has 1 aromatic rings. The van der Waals surface area contributed by atoms with Gasteiger partial charge in [0, 0.05) is 29.6 Å². The average molecular weight is 290 g/mol. The van der Waals surface area contributed by atoms with Crippen LogP contribution in [0.4, 0.5) is 0 Å². The third-order valence-corrected chi connectivity index (χ3v) is 3.13. The maximum atomic E-state index is 11.5. The van der Waals surface area contributed by atoms with Gasteiger partial charge in [0.05, 0.1) is 0 Å². The Morgan fingerprint density at radius 3 is 2.72 bits per heavy atom. The van der Waals surface area contributed by atoms with Gasteiger partial charge in [-0.25, -0.2) is 0 Å². The molecule has 0 radical (unpaired) electrons. The van der Waals surface area contributed by atoms with E-state index >= 15 is 0 Å². The van der Waals surface area contributed by atoms with E-state index in [-0.39, 0.29) is 12.5 Å². The molecule has 0 spiro atoms. The molecular weight excluding hydrogens is 273 g/mol. The number of carbonyl (C=O) groups is 1. The number of aliphatic hydroxyl groups is 1. The van der Waals surface area contributed by atoms with Crippen molar-refractivity contribution in [3.63, 3.8) is 0 Å². The molecule has 3 nitrogen and oxygen atoms in total. The van der Waals surface area contributed by atoms with Crippen molar-refractivity contribution in [2.75, 3.05) is 13.2 Å². The summed E-state index contributed by atoms with van der Waals surface area (Å²) in [6.45, 7) is 0.768. The number of aryl methyl sites for hydroxylation is 1. The molecule has 0 aliphatic carbocycles. The number of hydrogen-bond acceptors (Lipinski definition) is 2. The minimum Gasteiger partial charge on any atom is -0.396 e. The fourth-order valence-corrected chi connectivity index (χ4v) is 2.03. The van der Waals surface area contributed by atoms with Crippen molar-refractivity contribution in [2.24, 2.45) is 0 Å². The highest BCUT2D eigenvalue weighted by atomic mass is 35.5. The van der Waals surface area contributed by atoms with Crippen LogP contribution in [-0.2, 0) is 11.2 Å². The Hall–Kier alpha value is -0.770. The van der Waals surface area contributed by atoms with E-state index in [9.17, 15) is 4.79 Å².